The van der Waals surface area contributed by atoms with Gasteiger partial charge in [0.1, 0.15) is 17.4 Å². The zero-order valence-corrected chi connectivity index (χ0v) is 16.0. The van der Waals surface area contributed by atoms with Crippen LogP contribution in [0.4, 0.5) is 0 Å². The Kier molecular flexibility index (Phi) is 6.60. The van der Waals surface area contributed by atoms with Crippen LogP contribution in [0, 0.1) is 12.8 Å². The smallest absolute Gasteiger partial charge is 0.339 e. The summed E-state index contributed by atoms with van der Waals surface area (Å²) in [4.78, 5) is 35.7. The van der Waals surface area contributed by atoms with E-state index in [-0.39, 0.29) is 18.8 Å². The summed E-state index contributed by atoms with van der Waals surface area (Å²) in [5.74, 6) is -0.746. The molecule has 0 radical (unpaired) electrons. The lowest BCUT2D eigenvalue weighted by atomic mass is 10.0. The van der Waals surface area contributed by atoms with Gasteiger partial charge >= 0.3 is 11.6 Å². The van der Waals surface area contributed by atoms with E-state index in [1.807, 2.05) is 13.8 Å². The highest BCUT2D eigenvalue weighted by Crippen LogP contribution is 2.24. The van der Waals surface area contributed by atoms with E-state index in [9.17, 15) is 19.5 Å². The predicted octanol–water partition coefficient (Wildman–Crippen LogP) is 2.66. The number of methoxy groups -OCH3 is 1. The van der Waals surface area contributed by atoms with Crippen molar-refractivity contribution in [3.05, 3.63) is 39.7 Å². The summed E-state index contributed by atoms with van der Waals surface area (Å²) < 4.78 is 10.5. The van der Waals surface area contributed by atoms with Crippen molar-refractivity contribution < 1.29 is 23.8 Å². The summed E-state index contributed by atoms with van der Waals surface area (Å²) in [5.41, 5.74) is 1.08. The zero-order chi connectivity index (χ0) is 20.1. The number of carbonyl (C=O) groups excluding carboxylic acids is 1. The van der Waals surface area contributed by atoms with Gasteiger partial charge in [-0.05, 0) is 43.4 Å². The van der Waals surface area contributed by atoms with Gasteiger partial charge in [0.15, 0.2) is 0 Å². The number of carboxylic acid groups (broad SMARTS) is 1. The Morgan fingerprint density at radius 2 is 2.00 bits per heavy atom. The van der Waals surface area contributed by atoms with E-state index in [1.54, 1.807) is 25.1 Å². The molecule has 0 aliphatic rings. The number of benzene rings is 1. The van der Waals surface area contributed by atoms with Crippen LogP contribution in [0.25, 0.3) is 11.0 Å². The Labute approximate surface area is 157 Å². The molecule has 2 N–H and O–H groups in total. The largest absolute Gasteiger partial charge is 0.497 e. The van der Waals surface area contributed by atoms with Gasteiger partial charge in [-0.1, -0.05) is 13.8 Å². The van der Waals surface area contributed by atoms with Crippen LogP contribution in [0.15, 0.2) is 27.4 Å². The minimum Gasteiger partial charge on any atom is -0.497 e. The maximum atomic E-state index is 12.3. The van der Waals surface area contributed by atoms with Crippen LogP contribution in [0.5, 0.6) is 5.75 Å². The lowest BCUT2D eigenvalue weighted by Gasteiger charge is -2.16. The second kappa shape index (κ2) is 8.70. The molecule has 2 rings (SSSR count). The Balaban J connectivity index is 2.15. The van der Waals surface area contributed by atoms with E-state index in [2.05, 4.69) is 5.32 Å². The molecule has 7 nitrogen and oxygen atoms in total. The molecule has 0 bridgehead atoms. The molecule has 0 unspecified atom stereocenters. The maximum Gasteiger partial charge on any atom is 0.339 e. The molecular weight excluding hydrogens is 350 g/mol. The van der Waals surface area contributed by atoms with E-state index in [0.29, 0.717) is 23.3 Å². The topological polar surface area (TPSA) is 106 Å². The Bertz CT molecular complexity index is 899. The first-order valence-electron chi connectivity index (χ1n) is 8.85. The third-order valence-electron chi connectivity index (χ3n) is 4.44. The first-order valence-corrected chi connectivity index (χ1v) is 8.85. The zero-order valence-electron chi connectivity index (χ0n) is 16.0. The summed E-state index contributed by atoms with van der Waals surface area (Å²) >= 11 is 0. The van der Waals surface area contributed by atoms with Crippen molar-refractivity contribution in [3.8, 4) is 5.75 Å². The fourth-order valence-corrected chi connectivity index (χ4v) is 2.99. The van der Waals surface area contributed by atoms with Crippen molar-refractivity contribution in [2.24, 2.45) is 5.92 Å². The standard InChI is InChI=1S/C20H25NO6/c1-11(2)9-16(19(23)24)21-18(22)8-7-15-12(3)14-6-5-13(26-4)10-17(14)27-20(15)25/h5-6,10-11,16H,7-9H2,1-4H3,(H,21,22)(H,23,24)/t16-/m1/s1. The molecule has 27 heavy (non-hydrogen) atoms. The van der Waals surface area contributed by atoms with E-state index in [1.165, 1.54) is 7.11 Å². The van der Waals surface area contributed by atoms with Crippen LogP contribution < -0.4 is 15.7 Å². The Hall–Kier alpha value is -2.83. The molecule has 1 amide bonds. The molecule has 0 spiro atoms. The van der Waals surface area contributed by atoms with E-state index in [4.69, 9.17) is 9.15 Å². The lowest BCUT2D eigenvalue weighted by molar-refractivity contribution is -0.142. The average molecular weight is 375 g/mol. The summed E-state index contributed by atoms with van der Waals surface area (Å²) in [7, 11) is 1.53. The van der Waals surface area contributed by atoms with Gasteiger partial charge in [-0.3, -0.25) is 4.79 Å². The van der Waals surface area contributed by atoms with Crippen LogP contribution >= 0.6 is 0 Å². The van der Waals surface area contributed by atoms with Crippen LogP contribution in [0.1, 0.15) is 37.8 Å². The quantitative estimate of drug-likeness (QED) is 0.687. The number of ether oxygens (including phenoxy) is 1. The van der Waals surface area contributed by atoms with Gasteiger partial charge in [-0.2, -0.15) is 0 Å². The van der Waals surface area contributed by atoms with Gasteiger partial charge in [0.25, 0.3) is 0 Å². The number of hydrogen-bond donors (Lipinski definition) is 2. The fourth-order valence-electron chi connectivity index (χ4n) is 2.99. The lowest BCUT2D eigenvalue weighted by Crippen LogP contribution is -2.41. The second-order valence-corrected chi connectivity index (χ2v) is 6.94. The number of aliphatic carboxylic acids is 1. The van der Waals surface area contributed by atoms with Crippen LogP contribution in [0.2, 0.25) is 0 Å². The van der Waals surface area contributed by atoms with Gasteiger partial charge in [0.05, 0.1) is 7.11 Å². The molecule has 1 atom stereocenters. The van der Waals surface area contributed by atoms with Gasteiger partial charge < -0.3 is 19.6 Å². The van der Waals surface area contributed by atoms with Crippen molar-refractivity contribution in [2.75, 3.05) is 7.11 Å². The maximum absolute atomic E-state index is 12.3. The van der Waals surface area contributed by atoms with E-state index < -0.39 is 23.5 Å². The monoisotopic (exact) mass is 375 g/mol. The summed E-state index contributed by atoms with van der Waals surface area (Å²) in [6, 6.07) is 4.29. The second-order valence-electron chi connectivity index (χ2n) is 6.94. The highest BCUT2D eigenvalue weighted by atomic mass is 16.5. The van der Waals surface area contributed by atoms with Gasteiger partial charge in [0, 0.05) is 23.4 Å². The number of fused-ring (bicyclic) bond motifs is 1. The minimum absolute atomic E-state index is 0.00906. The summed E-state index contributed by atoms with van der Waals surface area (Å²) in [6.07, 6.45) is 0.533. The summed E-state index contributed by atoms with van der Waals surface area (Å²) in [6.45, 7) is 5.58. The predicted molar refractivity (Wildman–Crippen MR) is 101 cm³/mol. The van der Waals surface area contributed by atoms with Crippen molar-refractivity contribution in [2.45, 2.75) is 46.1 Å². The molecule has 2 aromatic rings. The van der Waals surface area contributed by atoms with Gasteiger partial charge in [-0.15, -0.1) is 0 Å². The van der Waals surface area contributed by atoms with Crippen molar-refractivity contribution >= 4 is 22.8 Å². The number of amides is 1. The van der Waals surface area contributed by atoms with Crippen LogP contribution in [0.3, 0.4) is 0 Å². The SMILES string of the molecule is COc1ccc2c(C)c(CCC(=O)N[C@H](CC(C)C)C(=O)O)c(=O)oc2c1. The Morgan fingerprint density at radius 1 is 1.30 bits per heavy atom. The van der Waals surface area contributed by atoms with E-state index >= 15 is 0 Å². The summed E-state index contributed by atoms with van der Waals surface area (Å²) in [5, 5.41) is 12.5. The average Bonchev–Trinajstić information content (AvgIpc) is 2.59. The number of rotatable bonds is 8. The van der Waals surface area contributed by atoms with Gasteiger partial charge in [-0.25, -0.2) is 9.59 Å². The first kappa shape index (κ1) is 20.5. The third kappa shape index (κ3) is 5.09. The number of carbonyl (C=O) groups is 2. The molecule has 0 aliphatic heterocycles. The first-order chi connectivity index (χ1) is 12.7. The highest BCUT2D eigenvalue weighted by Gasteiger charge is 2.21. The van der Waals surface area contributed by atoms with E-state index in [0.717, 1.165) is 10.9 Å². The third-order valence-corrected chi connectivity index (χ3v) is 4.44. The molecule has 1 aromatic heterocycles. The van der Waals surface area contributed by atoms with Crippen LogP contribution in [-0.2, 0) is 16.0 Å². The molecular formula is C20H25NO6. The van der Waals surface area contributed by atoms with Crippen molar-refractivity contribution in [3.63, 3.8) is 0 Å². The fraction of sp³-hybridized carbons (Fsp3) is 0.450. The molecule has 1 heterocycles. The van der Waals surface area contributed by atoms with Gasteiger partial charge in [0.2, 0.25) is 5.91 Å². The molecule has 0 saturated heterocycles. The molecule has 7 heteroatoms. The van der Waals surface area contributed by atoms with Crippen molar-refractivity contribution in [1.82, 2.24) is 5.32 Å². The highest BCUT2D eigenvalue weighted by molar-refractivity contribution is 5.84. The number of nitrogens with one attached hydrogen (secondary N) is 1. The number of aryl methyl sites for hydroxylation is 1. The Morgan fingerprint density at radius 3 is 2.59 bits per heavy atom. The molecule has 0 aliphatic carbocycles. The molecule has 0 saturated carbocycles. The van der Waals surface area contributed by atoms with Crippen LogP contribution in [-0.4, -0.2) is 30.1 Å². The molecule has 0 fully saturated rings. The minimum atomic E-state index is -1.06. The number of carboxylic acids is 1. The molecule has 146 valence electrons. The normalized spacial score (nSPS) is 12.2. The number of hydrogen-bond acceptors (Lipinski definition) is 5. The molecule has 1 aromatic carbocycles. The van der Waals surface area contributed by atoms with Crippen molar-refractivity contribution in [1.29, 1.82) is 0 Å².